The molecule has 1 saturated carbocycles. The molecular formula is C17H25N3O5S2. The number of amides is 1. The summed E-state index contributed by atoms with van der Waals surface area (Å²) in [5.74, 6) is 0.551. The van der Waals surface area contributed by atoms with Crippen LogP contribution in [0.25, 0.3) is 0 Å². The lowest BCUT2D eigenvalue weighted by molar-refractivity contribution is -0.133. The van der Waals surface area contributed by atoms with Crippen molar-refractivity contribution in [2.75, 3.05) is 26.2 Å². The average Bonchev–Trinajstić information content (AvgIpc) is 3.14. The molecule has 0 radical (unpaired) electrons. The van der Waals surface area contributed by atoms with Crippen LogP contribution >= 0.6 is 0 Å². The van der Waals surface area contributed by atoms with Crippen molar-refractivity contribution in [2.45, 2.75) is 41.9 Å². The Morgan fingerprint density at radius 2 is 1.59 bits per heavy atom. The molecular weight excluding hydrogens is 390 g/mol. The summed E-state index contributed by atoms with van der Waals surface area (Å²) in [6, 6.07) is 5.03. The molecule has 1 aromatic rings. The summed E-state index contributed by atoms with van der Waals surface area (Å²) in [4.78, 5) is 13.8. The molecule has 3 rings (SSSR count). The maximum atomic E-state index is 12.8. The molecule has 2 N–H and O–H groups in total. The van der Waals surface area contributed by atoms with Crippen LogP contribution < -0.4 is 5.14 Å². The summed E-state index contributed by atoms with van der Waals surface area (Å²) in [6.45, 7) is 1.08. The van der Waals surface area contributed by atoms with Gasteiger partial charge in [0.25, 0.3) is 0 Å². The lowest BCUT2D eigenvalue weighted by Gasteiger charge is -2.34. The highest BCUT2D eigenvalue weighted by Gasteiger charge is 2.31. The van der Waals surface area contributed by atoms with Gasteiger partial charge in [0.15, 0.2) is 0 Å². The van der Waals surface area contributed by atoms with Gasteiger partial charge < -0.3 is 4.90 Å². The van der Waals surface area contributed by atoms with Crippen molar-refractivity contribution in [2.24, 2.45) is 11.1 Å². The van der Waals surface area contributed by atoms with Crippen molar-refractivity contribution in [3.05, 3.63) is 24.3 Å². The van der Waals surface area contributed by atoms with Crippen molar-refractivity contribution in [3.63, 3.8) is 0 Å². The first-order valence-electron chi connectivity index (χ1n) is 9.09. The van der Waals surface area contributed by atoms with Gasteiger partial charge in [0.1, 0.15) is 0 Å². The van der Waals surface area contributed by atoms with Gasteiger partial charge in [-0.25, -0.2) is 22.0 Å². The van der Waals surface area contributed by atoms with Crippen molar-refractivity contribution < 1.29 is 21.6 Å². The van der Waals surface area contributed by atoms with Gasteiger partial charge in [-0.2, -0.15) is 4.31 Å². The Morgan fingerprint density at radius 3 is 2.19 bits per heavy atom. The van der Waals surface area contributed by atoms with Gasteiger partial charge in [-0.05, 0) is 37.0 Å². The van der Waals surface area contributed by atoms with Crippen LogP contribution in [0.1, 0.15) is 32.1 Å². The van der Waals surface area contributed by atoms with Crippen molar-refractivity contribution in [3.8, 4) is 0 Å². The fourth-order valence-electron chi connectivity index (χ4n) is 3.73. The van der Waals surface area contributed by atoms with Crippen LogP contribution in [0.2, 0.25) is 0 Å². The largest absolute Gasteiger partial charge is 0.340 e. The summed E-state index contributed by atoms with van der Waals surface area (Å²) in [5.41, 5.74) is 0. The van der Waals surface area contributed by atoms with Gasteiger partial charge >= 0.3 is 0 Å². The molecule has 1 saturated heterocycles. The molecule has 0 unspecified atom stereocenters. The van der Waals surface area contributed by atoms with E-state index in [4.69, 9.17) is 5.14 Å². The average molecular weight is 416 g/mol. The number of benzene rings is 1. The molecule has 10 heteroatoms. The molecule has 1 aromatic carbocycles. The van der Waals surface area contributed by atoms with Crippen molar-refractivity contribution in [1.82, 2.24) is 9.21 Å². The van der Waals surface area contributed by atoms with E-state index in [1.54, 1.807) is 4.90 Å². The van der Waals surface area contributed by atoms with Crippen LogP contribution in [-0.4, -0.2) is 58.1 Å². The van der Waals surface area contributed by atoms with Gasteiger partial charge in [0, 0.05) is 32.6 Å². The molecule has 8 nitrogen and oxygen atoms in total. The smallest absolute Gasteiger partial charge is 0.243 e. The second-order valence-corrected chi connectivity index (χ2v) is 10.7. The Balaban J connectivity index is 1.65. The van der Waals surface area contributed by atoms with Crippen molar-refractivity contribution >= 4 is 26.0 Å². The number of hydrogen-bond acceptors (Lipinski definition) is 5. The van der Waals surface area contributed by atoms with Crippen LogP contribution in [0.3, 0.4) is 0 Å². The number of hydrogen-bond donors (Lipinski definition) is 1. The van der Waals surface area contributed by atoms with Crippen LogP contribution in [0.4, 0.5) is 0 Å². The summed E-state index contributed by atoms with van der Waals surface area (Å²) in [5, 5.41) is 5.09. The number of piperazine rings is 1. The first kappa shape index (κ1) is 20.2. The Morgan fingerprint density at radius 1 is 1.00 bits per heavy atom. The molecule has 0 spiro atoms. The Kier molecular flexibility index (Phi) is 5.90. The van der Waals surface area contributed by atoms with E-state index < -0.39 is 20.0 Å². The van der Waals surface area contributed by atoms with Gasteiger partial charge in [-0.3, -0.25) is 4.79 Å². The predicted molar refractivity (Wildman–Crippen MR) is 99.7 cm³/mol. The van der Waals surface area contributed by atoms with E-state index in [1.165, 1.54) is 35.3 Å². The Labute approximate surface area is 160 Å². The third-order valence-electron chi connectivity index (χ3n) is 5.30. The molecule has 2 fully saturated rings. The molecule has 0 aromatic heterocycles. The second kappa shape index (κ2) is 7.86. The minimum Gasteiger partial charge on any atom is -0.340 e. The maximum absolute atomic E-state index is 12.8. The number of rotatable bonds is 5. The third-order valence-corrected chi connectivity index (χ3v) is 8.11. The highest BCUT2D eigenvalue weighted by molar-refractivity contribution is 7.90. The normalized spacial score (nSPS) is 20.1. The molecule has 1 aliphatic heterocycles. The van der Waals surface area contributed by atoms with E-state index >= 15 is 0 Å². The molecule has 0 bridgehead atoms. The van der Waals surface area contributed by atoms with Gasteiger partial charge in [0.2, 0.25) is 26.0 Å². The monoisotopic (exact) mass is 415 g/mol. The topological polar surface area (TPSA) is 118 Å². The summed E-state index contributed by atoms with van der Waals surface area (Å²) in [7, 11) is -7.82. The van der Waals surface area contributed by atoms with Crippen molar-refractivity contribution in [1.29, 1.82) is 0 Å². The van der Waals surface area contributed by atoms with Crippen LogP contribution in [-0.2, 0) is 24.8 Å². The molecule has 2 aliphatic rings. The quantitative estimate of drug-likeness (QED) is 0.761. The summed E-state index contributed by atoms with van der Waals surface area (Å²) >= 11 is 0. The number of sulfonamides is 2. The molecule has 150 valence electrons. The van der Waals surface area contributed by atoms with Crippen LogP contribution in [0.15, 0.2) is 34.1 Å². The van der Waals surface area contributed by atoms with E-state index in [0.717, 1.165) is 18.9 Å². The van der Waals surface area contributed by atoms with Crippen LogP contribution in [0, 0.1) is 5.92 Å². The number of carbonyl (C=O) groups excluding carboxylic acids is 1. The van der Waals surface area contributed by atoms with Gasteiger partial charge in [-0.15, -0.1) is 0 Å². The van der Waals surface area contributed by atoms with E-state index in [0.29, 0.717) is 25.4 Å². The van der Waals surface area contributed by atoms with Gasteiger partial charge in [-0.1, -0.05) is 18.9 Å². The molecule has 0 atom stereocenters. The van der Waals surface area contributed by atoms with Crippen LogP contribution in [0.5, 0.6) is 0 Å². The Hall–Kier alpha value is -1.49. The number of nitrogens with zero attached hydrogens (tertiary/aromatic N) is 2. The molecule has 1 amide bonds. The summed E-state index contributed by atoms with van der Waals surface area (Å²) < 4.78 is 49.9. The Bertz CT molecular complexity index is 900. The zero-order valence-corrected chi connectivity index (χ0v) is 16.7. The lowest BCUT2D eigenvalue weighted by Crippen LogP contribution is -2.50. The van der Waals surface area contributed by atoms with E-state index in [1.807, 2.05) is 0 Å². The SMILES string of the molecule is NS(=O)(=O)c1cccc(S(=O)(=O)N2CCN(C(=O)CC3CCCC3)CC2)c1. The van der Waals surface area contributed by atoms with Gasteiger partial charge in [0.05, 0.1) is 9.79 Å². The molecule has 1 heterocycles. The standard InChI is InChI=1S/C17H25N3O5S2/c18-26(22,23)15-6-3-7-16(13-15)27(24,25)20-10-8-19(9-11-20)17(21)12-14-4-1-2-5-14/h3,6-7,13-14H,1-2,4-5,8-12H2,(H2,18,22,23). The van der Waals surface area contributed by atoms with E-state index in [-0.39, 0.29) is 28.8 Å². The third kappa shape index (κ3) is 4.68. The molecule has 1 aliphatic carbocycles. The lowest BCUT2D eigenvalue weighted by atomic mass is 10.0. The highest BCUT2D eigenvalue weighted by atomic mass is 32.2. The first-order chi connectivity index (χ1) is 12.7. The summed E-state index contributed by atoms with van der Waals surface area (Å²) in [6.07, 6.45) is 5.10. The number of carbonyl (C=O) groups is 1. The number of primary sulfonamides is 1. The highest BCUT2D eigenvalue weighted by Crippen LogP contribution is 2.28. The fraction of sp³-hybridized carbons (Fsp3) is 0.588. The zero-order valence-electron chi connectivity index (χ0n) is 15.1. The minimum atomic E-state index is -3.98. The maximum Gasteiger partial charge on any atom is 0.243 e. The molecule has 27 heavy (non-hydrogen) atoms. The predicted octanol–water partition coefficient (Wildman–Crippen LogP) is 0.747. The van der Waals surface area contributed by atoms with E-state index in [2.05, 4.69) is 0 Å². The number of nitrogens with two attached hydrogens (primary N) is 1. The zero-order chi connectivity index (χ0) is 19.7. The second-order valence-electron chi connectivity index (χ2n) is 7.16. The minimum absolute atomic E-state index is 0.0928. The fourth-order valence-corrected chi connectivity index (χ4v) is 5.83. The van der Waals surface area contributed by atoms with E-state index in [9.17, 15) is 21.6 Å². The first-order valence-corrected chi connectivity index (χ1v) is 12.1.